The van der Waals surface area contributed by atoms with E-state index >= 15 is 0 Å². The molecule has 1 heterocycles. The average molecular weight is 334 g/mol. The van der Waals surface area contributed by atoms with Gasteiger partial charge in [-0.05, 0) is 19.8 Å². The van der Waals surface area contributed by atoms with E-state index in [1.807, 2.05) is 20.8 Å². The number of aliphatic hydroxyl groups is 1. The summed E-state index contributed by atoms with van der Waals surface area (Å²) in [7, 11) is -3.23. The lowest BCUT2D eigenvalue weighted by atomic mass is 10.1. The van der Waals surface area contributed by atoms with Gasteiger partial charge in [-0.15, -0.1) is 0 Å². The largest absolute Gasteiger partial charge is 0.393 e. The molecule has 1 rings (SSSR count). The van der Waals surface area contributed by atoms with E-state index in [0.29, 0.717) is 13.1 Å². The third-order valence-corrected chi connectivity index (χ3v) is 5.81. The van der Waals surface area contributed by atoms with Crippen LogP contribution in [-0.2, 0) is 10.0 Å². The molecule has 0 amide bonds. The van der Waals surface area contributed by atoms with E-state index in [2.05, 4.69) is 15.2 Å². The van der Waals surface area contributed by atoms with Crippen LogP contribution in [0, 0.1) is 0 Å². The Morgan fingerprint density at radius 1 is 1.27 bits per heavy atom. The summed E-state index contributed by atoms with van der Waals surface area (Å²) in [4.78, 5) is 6.53. The molecule has 7 nitrogen and oxygen atoms in total. The second-order valence-electron chi connectivity index (χ2n) is 5.35. The van der Waals surface area contributed by atoms with Gasteiger partial charge in [0.25, 0.3) is 0 Å². The Labute approximate surface area is 134 Å². The van der Waals surface area contributed by atoms with Gasteiger partial charge in [0, 0.05) is 32.7 Å². The van der Waals surface area contributed by atoms with Crippen LogP contribution in [0.15, 0.2) is 4.99 Å². The molecule has 2 N–H and O–H groups in total. The third-order valence-electron chi connectivity index (χ3n) is 3.81. The van der Waals surface area contributed by atoms with Gasteiger partial charge in [0.05, 0.1) is 18.4 Å². The fourth-order valence-corrected chi connectivity index (χ4v) is 3.88. The summed E-state index contributed by atoms with van der Waals surface area (Å²) in [5.74, 6) is 0.768. The van der Waals surface area contributed by atoms with E-state index in [4.69, 9.17) is 0 Å². The topological polar surface area (TPSA) is 85.2 Å². The fourth-order valence-electron chi connectivity index (χ4n) is 2.52. The van der Waals surface area contributed by atoms with Gasteiger partial charge in [0.1, 0.15) is 0 Å². The Kier molecular flexibility index (Phi) is 8.13. The van der Waals surface area contributed by atoms with Gasteiger partial charge in [-0.3, -0.25) is 4.99 Å². The van der Waals surface area contributed by atoms with Gasteiger partial charge in [-0.2, -0.15) is 0 Å². The predicted octanol–water partition coefficient (Wildman–Crippen LogP) is 0.0802. The zero-order chi connectivity index (χ0) is 16.6. The molecule has 0 aromatic rings. The number of nitrogens with zero attached hydrogens (tertiary/aromatic N) is 3. The average Bonchev–Trinajstić information content (AvgIpc) is 2.48. The van der Waals surface area contributed by atoms with Crippen molar-refractivity contribution >= 4 is 16.0 Å². The van der Waals surface area contributed by atoms with Crippen LogP contribution in [0.5, 0.6) is 0 Å². The van der Waals surface area contributed by atoms with E-state index in [0.717, 1.165) is 38.4 Å². The molecule has 0 aliphatic carbocycles. The number of guanidine groups is 1. The summed E-state index contributed by atoms with van der Waals surface area (Å²) >= 11 is 0. The summed E-state index contributed by atoms with van der Waals surface area (Å²) in [5, 5.41) is 12.8. The molecule has 22 heavy (non-hydrogen) atoms. The summed E-state index contributed by atoms with van der Waals surface area (Å²) in [6.45, 7) is 9.13. The maximum atomic E-state index is 12.1. The summed E-state index contributed by atoms with van der Waals surface area (Å²) in [6.07, 6.45) is 1.21. The monoisotopic (exact) mass is 334 g/mol. The number of hydrogen-bond acceptors (Lipinski definition) is 4. The highest BCUT2D eigenvalue weighted by Crippen LogP contribution is 2.10. The number of aliphatic hydroxyl groups excluding tert-OH is 1. The molecular formula is C14H30N4O3S. The van der Waals surface area contributed by atoms with E-state index in [9.17, 15) is 13.5 Å². The van der Waals surface area contributed by atoms with Gasteiger partial charge in [0.2, 0.25) is 10.0 Å². The number of sulfonamides is 1. The normalized spacial score (nSPS) is 18.0. The first-order chi connectivity index (χ1) is 10.4. The minimum absolute atomic E-state index is 0.0278. The second-order valence-corrected chi connectivity index (χ2v) is 7.44. The van der Waals surface area contributed by atoms with Crippen molar-refractivity contribution in [2.75, 3.05) is 45.0 Å². The van der Waals surface area contributed by atoms with Crippen LogP contribution in [0.2, 0.25) is 0 Å². The van der Waals surface area contributed by atoms with Crippen LogP contribution in [0.25, 0.3) is 0 Å². The highest BCUT2D eigenvalue weighted by molar-refractivity contribution is 7.89. The molecule has 1 aliphatic rings. The number of nitrogens with one attached hydrogen (secondary N) is 1. The smallest absolute Gasteiger partial charge is 0.215 e. The Bertz CT molecular complexity index is 441. The van der Waals surface area contributed by atoms with Crippen molar-refractivity contribution < 1.29 is 13.5 Å². The molecule has 8 heteroatoms. The van der Waals surface area contributed by atoms with Gasteiger partial charge in [-0.1, -0.05) is 13.8 Å². The Balaban J connectivity index is 2.63. The first-order valence-corrected chi connectivity index (χ1v) is 9.74. The van der Waals surface area contributed by atoms with Crippen LogP contribution in [0.4, 0.5) is 0 Å². The number of piperidine rings is 1. The summed E-state index contributed by atoms with van der Waals surface area (Å²) < 4.78 is 25.7. The molecule has 130 valence electrons. The summed E-state index contributed by atoms with van der Waals surface area (Å²) in [6, 6.07) is 0. The fraction of sp³-hybridized carbons (Fsp3) is 0.929. The van der Waals surface area contributed by atoms with Gasteiger partial charge >= 0.3 is 0 Å². The van der Waals surface area contributed by atoms with Gasteiger partial charge < -0.3 is 15.3 Å². The SMILES string of the molecule is CCNC(=NCCS(=O)(=O)N(CC)CC)N1CCC(O)CC1. The molecule has 1 fully saturated rings. The van der Waals surface area contributed by atoms with Crippen molar-refractivity contribution in [3.8, 4) is 0 Å². The first-order valence-electron chi connectivity index (χ1n) is 8.13. The van der Waals surface area contributed by atoms with E-state index in [1.165, 1.54) is 4.31 Å². The molecule has 0 radical (unpaired) electrons. The van der Waals surface area contributed by atoms with Crippen molar-refractivity contribution in [3.63, 3.8) is 0 Å². The quantitative estimate of drug-likeness (QED) is 0.509. The van der Waals surface area contributed by atoms with Gasteiger partial charge in [0.15, 0.2) is 5.96 Å². The number of likely N-dealkylation sites (tertiary alicyclic amines) is 1. The van der Waals surface area contributed by atoms with Crippen LogP contribution in [-0.4, -0.2) is 79.8 Å². The molecule has 0 bridgehead atoms. The van der Waals surface area contributed by atoms with Crippen molar-refractivity contribution in [2.24, 2.45) is 4.99 Å². The lowest BCUT2D eigenvalue weighted by Crippen LogP contribution is -2.46. The predicted molar refractivity (Wildman–Crippen MR) is 89.5 cm³/mol. The second kappa shape index (κ2) is 9.32. The molecule has 0 spiro atoms. The van der Waals surface area contributed by atoms with E-state index in [-0.39, 0.29) is 18.4 Å². The number of aliphatic imine (C=N–C) groups is 1. The van der Waals surface area contributed by atoms with Crippen molar-refractivity contribution in [3.05, 3.63) is 0 Å². The highest BCUT2D eigenvalue weighted by Gasteiger charge is 2.21. The molecule has 0 aromatic carbocycles. The van der Waals surface area contributed by atoms with Crippen LogP contribution in [0.3, 0.4) is 0 Å². The number of hydrogen-bond donors (Lipinski definition) is 2. The minimum atomic E-state index is -3.23. The Morgan fingerprint density at radius 3 is 2.36 bits per heavy atom. The highest BCUT2D eigenvalue weighted by atomic mass is 32.2. The lowest BCUT2D eigenvalue weighted by Gasteiger charge is -2.32. The molecule has 0 unspecified atom stereocenters. The number of rotatable bonds is 7. The van der Waals surface area contributed by atoms with Crippen LogP contribution < -0.4 is 5.32 Å². The molecular weight excluding hydrogens is 304 g/mol. The van der Waals surface area contributed by atoms with E-state index < -0.39 is 10.0 Å². The zero-order valence-electron chi connectivity index (χ0n) is 14.0. The summed E-state index contributed by atoms with van der Waals surface area (Å²) in [5.41, 5.74) is 0. The lowest BCUT2D eigenvalue weighted by molar-refractivity contribution is 0.108. The molecule has 0 saturated carbocycles. The standard InChI is InChI=1S/C14H30N4O3S/c1-4-15-14(17-10-7-13(19)8-11-17)16-9-12-22(20,21)18(5-2)6-3/h13,19H,4-12H2,1-3H3,(H,15,16). The Hall–Kier alpha value is -0.860. The van der Waals surface area contributed by atoms with E-state index in [1.54, 1.807) is 0 Å². The third kappa shape index (κ3) is 5.73. The Morgan fingerprint density at radius 2 is 1.86 bits per heavy atom. The zero-order valence-corrected chi connectivity index (χ0v) is 14.8. The van der Waals surface area contributed by atoms with Crippen LogP contribution >= 0.6 is 0 Å². The molecule has 1 aliphatic heterocycles. The van der Waals surface area contributed by atoms with Crippen molar-refractivity contribution in [2.45, 2.75) is 39.7 Å². The van der Waals surface area contributed by atoms with Gasteiger partial charge in [-0.25, -0.2) is 12.7 Å². The molecule has 0 aromatic heterocycles. The maximum absolute atomic E-state index is 12.1. The molecule has 0 atom stereocenters. The minimum Gasteiger partial charge on any atom is -0.393 e. The molecule has 1 saturated heterocycles. The van der Waals surface area contributed by atoms with Crippen LogP contribution in [0.1, 0.15) is 33.6 Å². The first kappa shape index (κ1) is 19.2. The maximum Gasteiger partial charge on any atom is 0.215 e. The van der Waals surface area contributed by atoms with Crippen molar-refractivity contribution in [1.82, 2.24) is 14.5 Å². The van der Waals surface area contributed by atoms with Crippen molar-refractivity contribution in [1.29, 1.82) is 0 Å².